The van der Waals surface area contributed by atoms with Crippen molar-refractivity contribution in [3.8, 4) is 0 Å². The third-order valence-electron chi connectivity index (χ3n) is 6.03. The van der Waals surface area contributed by atoms with E-state index < -0.39 is 15.4 Å². The van der Waals surface area contributed by atoms with Gasteiger partial charge in [-0.2, -0.15) is 4.31 Å². The normalized spacial score (nSPS) is 19.8. The maximum absolute atomic E-state index is 13.2. The van der Waals surface area contributed by atoms with Crippen molar-refractivity contribution in [2.24, 2.45) is 5.41 Å². The number of thioether (sulfide) groups is 1. The molecule has 0 radical (unpaired) electrons. The molecule has 1 spiro atoms. The predicted octanol–water partition coefficient (Wildman–Crippen LogP) is 4.27. The summed E-state index contributed by atoms with van der Waals surface area (Å²) in [6.07, 6.45) is 3.86. The highest BCUT2D eigenvalue weighted by atomic mass is 35.5. The van der Waals surface area contributed by atoms with Gasteiger partial charge in [0, 0.05) is 30.2 Å². The van der Waals surface area contributed by atoms with Gasteiger partial charge in [0.05, 0.1) is 10.4 Å². The number of anilines is 1. The number of piperidine rings is 1. The smallest absolute Gasteiger partial charge is 0.244 e. The van der Waals surface area contributed by atoms with Crippen LogP contribution in [0.1, 0.15) is 19.3 Å². The molecule has 0 bridgehead atoms. The first-order chi connectivity index (χ1) is 13.9. The van der Waals surface area contributed by atoms with Crippen LogP contribution in [0.3, 0.4) is 0 Å². The lowest BCUT2D eigenvalue weighted by Crippen LogP contribution is -2.46. The van der Waals surface area contributed by atoms with Gasteiger partial charge in [0.2, 0.25) is 15.9 Å². The summed E-state index contributed by atoms with van der Waals surface area (Å²) in [5.74, 6) is 0.115. The quantitative estimate of drug-likeness (QED) is 0.652. The van der Waals surface area contributed by atoms with E-state index in [4.69, 9.17) is 11.6 Å². The van der Waals surface area contributed by atoms with E-state index in [2.05, 4.69) is 0 Å². The Labute approximate surface area is 181 Å². The number of hydrogen-bond donors (Lipinski definition) is 0. The number of benzene rings is 2. The zero-order chi connectivity index (χ0) is 20.6. The summed E-state index contributed by atoms with van der Waals surface area (Å²) in [4.78, 5) is 16.4. The van der Waals surface area contributed by atoms with Crippen LogP contribution in [-0.4, -0.2) is 44.5 Å². The van der Waals surface area contributed by atoms with E-state index in [9.17, 15) is 13.2 Å². The van der Waals surface area contributed by atoms with Crippen LogP contribution < -0.4 is 4.90 Å². The van der Waals surface area contributed by atoms with Crippen LogP contribution in [0.4, 0.5) is 5.69 Å². The van der Waals surface area contributed by atoms with Gasteiger partial charge >= 0.3 is 0 Å². The standard InChI is InChI=1S/C21H23ClN2O3S2/c1-28-17-8-6-16(7-9-17)24-15-12-21(20(24)25)10-13-23(14-11-21)29(26,27)19-5-3-2-4-18(19)22/h2-9H,10-15H2,1H3. The molecule has 2 aromatic carbocycles. The number of sulfonamides is 1. The minimum atomic E-state index is -3.66. The third kappa shape index (κ3) is 3.69. The fourth-order valence-corrected chi connectivity index (χ4v) is 6.58. The second-order valence-electron chi connectivity index (χ2n) is 7.52. The van der Waals surface area contributed by atoms with Crippen LogP contribution in [-0.2, 0) is 14.8 Å². The van der Waals surface area contributed by atoms with E-state index >= 15 is 0 Å². The van der Waals surface area contributed by atoms with Crippen molar-refractivity contribution in [3.63, 3.8) is 0 Å². The second kappa shape index (κ2) is 7.95. The number of rotatable bonds is 4. The Morgan fingerprint density at radius 3 is 2.21 bits per heavy atom. The Hall–Kier alpha value is -1.54. The average Bonchev–Trinajstić information content (AvgIpc) is 3.04. The summed E-state index contributed by atoms with van der Waals surface area (Å²) in [5, 5.41) is 0.226. The highest BCUT2D eigenvalue weighted by Gasteiger charge is 2.49. The average molecular weight is 451 g/mol. The first kappa shape index (κ1) is 20.7. The molecule has 2 fully saturated rings. The van der Waals surface area contributed by atoms with Crippen LogP contribution in [0.5, 0.6) is 0 Å². The third-order valence-corrected chi connectivity index (χ3v) is 9.17. The number of nitrogens with zero attached hydrogens (tertiary/aromatic N) is 2. The van der Waals surface area contributed by atoms with E-state index in [1.807, 2.05) is 35.4 Å². The molecule has 2 heterocycles. The van der Waals surface area contributed by atoms with Gasteiger partial charge in [-0.1, -0.05) is 23.7 Å². The van der Waals surface area contributed by atoms with E-state index in [0.29, 0.717) is 32.5 Å². The molecule has 8 heteroatoms. The molecule has 2 aromatic rings. The van der Waals surface area contributed by atoms with Crippen molar-refractivity contribution in [3.05, 3.63) is 53.6 Å². The first-order valence-electron chi connectivity index (χ1n) is 9.58. The van der Waals surface area contributed by atoms with Gasteiger partial charge in [-0.05, 0) is 61.9 Å². The van der Waals surface area contributed by atoms with Crippen molar-refractivity contribution in [1.82, 2.24) is 4.31 Å². The SMILES string of the molecule is CSc1ccc(N2CCC3(CCN(S(=O)(=O)c4ccccc4Cl)CC3)C2=O)cc1. The number of carbonyl (C=O) groups excluding carboxylic acids is 1. The molecule has 4 rings (SSSR count). The monoisotopic (exact) mass is 450 g/mol. The Morgan fingerprint density at radius 2 is 1.59 bits per heavy atom. The topological polar surface area (TPSA) is 57.7 Å². The highest BCUT2D eigenvalue weighted by molar-refractivity contribution is 7.98. The maximum atomic E-state index is 13.2. The Balaban J connectivity index is 1.49. The Kier molecular flexibility index (Phi) is 5.68. The molecule has 0 aromatic heterocycles. The van der Waals surface area contributed by atoms with Crippen LogP contribution >= 0.6 is 23.4 Å². The fraction of sp³-hybridized carbons (Fsp3) is 0.381. The van der Waals surface area contributed by atoms with Crippen LogP contribution in [0.25, 0.3) is 0 Å². The Bertz CT molecular complexity index is 1020. The summed E-state index contributed by atoms with van der Waals surface area (Å²) < 4.78 is 27.4. The van der Waals surface area contributed by atoms with E-state index in [1.54, 1.807) is 30.0 Å². The van der Waals surface area contributed by atoms with Gasteiger partial charge in [-0.15, -0.1) is 11.8 Å². The molecular weight excluding hydrogens is 428 g/mol. The van der Waals surface area contributed by atoms with Crippen molar-refractivity contribution < 1.29 is 13.2 Å². The van der Waals surface area contributed by atoms with E-state index in [-0.39, 0.29) is 15.8 Å². The molecule has 0 aliphatic carbocycles. The number of hydrogen-bond acceptors (Lipinski definition) is 4. The molecule has 5 nitrogen and oxygen atoms in total. The molecule has 2 saturated heterocycles. The molecule has 2 aliphatic heterocycles. The van der Waals surface area contributed by atoms with E-state index in [1.165, 1.54) is 10.4 Å². The summed E-state index contributed by atoms with van der Waals surface area (Å²) in [5.41, 5.74) is 0.445. The predicted molar refractivity (Wildman–Crippen MR) is 117 cm³/mol. The maximum Gasteiger partial charge on any atom is 0.244 e. The fourth-order valence-electron chi connectivity index (χ4n) is 4.24. The van der Waals surface area contributed by atoms with Crippen LogP contribution in [0, 0.1) is 5.41 Å². The van der Waals surface area contributed by atoms with Crippen LogP contribution in [0.15, 0.2) is 58.3 Å². The van der Waals surface area contributed by atoms with Crippen molar-refractivity contribution >= 4 is 45.0 Å². The van der Waals surface area contributed by atoms with Gasteiger partial charge in [0.25, 0.3) is 0 Å². The number of amides is 1. The van der Waals surface area contributed by atoms with Gasteiger partial charge in [0.1, 0.15) is 4.90 Å². The lowest BCUT2D eigenvalue weighted by atomic mass is 9.77. The zero-order valence-corrected chi connectivity index (χ0v) is 18.6. The Morgan fingerprint density at radius 1 is 0.966 bits per heavy atom. The van der Waals surface area contributed by atoms with Crippen molar-refractivity contribution in [2.75, 3.05) is 30.8 Å². The largest absolute Gasteiger partial charge is 0.312 e. The van der Waals surface area contributed by atoms with Crippen molar-refractivity contribution in [2.45, 2.75) is 29.1 Å². The lowest BCUT2D eigenvalue weighted by molar-refractivity contribution is -0.127. The molecule has 154 valence electrons. The highest BCUT2D eigenvalue weighted by Crippen LogP contribution is 2.44. The minimum absolute atomic E-state index is 0.115. The number of carbonyl (C=O) groups is 1. The molecule has 0 unspecified atom stereocenters. The van der Waals surface area contributed by atoms with Gasteiger partial charge in [-0.25, -0.2) is 8.42 Å². The van der Waals surface area contributed by atoms with Gasteiger partial charge < -0.3 is 4.90 Å². The van der Waals surface area contributed by atoms with E-state index in [0.717, 1.165) is 17.0 Å². The summed E-state index contributed by atoms with van der Waals surface area (Å²) in [7, 11) is -3.66. The lowest BCUT2D eigenvalue weighted by Gasteiger charge is -2.37. The summed E-state index contributed by atoms with van der Waals surface area (Å²) >= 11 is 7.78. The molecule has 0 atom stereocenters. The van der Waals surface area contributed by atoms with Crippen molar-refractivity contribution in [1.29, 1.82) is 0 Å². The molecular formula is C21H23ClN2O3S2. The number of halogens is 1. The van der Waals surface area contributed by atoms with Crippen LogP contribution in [0.2, 0.25) is 5.02 Å². The first-order valence-corrected chi connectivity index (χ1v) is 12.6. The van der Waals surface area contributed by atoms with Gasteiger partial charge in [0.15, 0.2) is 0 Å². The molecule has 29 heavy (non-hydrogen) atoms. The molecule has 2 aliphatic rings. The van der Waals surface area contributed by atoms with Gasteiger partial charge in [-0.3, -0.25) is 4.79 Å². The second-order valence-corrected chi connectivity index (χ2v) is 10.7. The summed E-state index contributed by atoms with van der Waals surface area (Å²) in [6, 6.07) is 14.5. The zero-order valence-electron chi connectivity index (χ0n) is 16.2. The molecule has 1 amide bonds. The minimum Gasteiger partial charge on any atom is -0.312 e. The summed E-state index contributed by atoms with van der Waals surface area (Å²) in [6.45, 7) is 1.34. The molecule has 0 N–H and O–H groups in total. The molecule has 0 saturated carbocycles.